The van der Waals surface area contributed by atoms with Crippen molar-refractivity contribution in [1.82, 2.24) is 10.2 Å². The third kappa shape index (κ3) is 4.43. The van der Waals surface area contributed by atoms with Gasteiger partial charge in [-0.3, -0.25) is 24.5 Å². The highest BCUT2D eigenvalue weighted by Crippen LogP contribution is 2.47. The van der Waals surface area contributed by atoms with E-state index in [1.807, 2.05) is 6.92 Å². The maximum Gasteiger partial charge on any atom is 0.308 e. The van der Waals surface area contributed by atoms with Gasteiger partial charge in [-0.05, 0) is 27.2 Å². The molecule has 0 bridgehead atoms. The first-order valence-corrected chi connectivity index (χ1v) is 10.8. The average molecular weight is 436 g/mol. The molecule has 1 aromatic carbocycles. The minimum Gasteiger partial charge on any atom is -0.463 e. The number of esters is 1. The van der Waals surface area contributed by atoms with Crippen molar-refractivity contribution >= 4 is 35.2 Å². The molecule has 162 valence electrons. The van der Waals surface area contributed by atoms with Crippen LogP contribution in [-0.2, 0) is 19.1 Å². The predicted molar refractivity (Wildman–Crippen MR) is 111 cm³/mol. The van der Waals surface area contributed by atoms with Crippen molar-refractivity contribution in [3.05, 3.63) is 39.9 Å². The lowest BCUT2D eigenvalue weighted by Gasteiger charge is -2.30. The molecular formula is C20H25N3O6S. The highest BCUT2D eigenvalue weighted by atomic mass is 32.2. The number of rotatable bonds is 7. The number of hydrogen-bond acceptors (Lipinski definition) is 7. The molecule has 1 aromatic rings. The molecule has 0 spiro atoms. The van der Waals surface area contributed by atoms with Crippen LogP contribution < -0.4 is 5.32 Å². The highest BCUT2D eigenvalue weighted by molar-refractivity contribution is 8.01. The first-order chi connectivity index (χ1) is 14.1. The minimum absolute atomic E-state index is 0.0795. The largest absolute Gasteiger partial charge is 0.463 e. The van der Waals surface area contributed by atoms with Crippen molar-refractivity contribution in [2.24, 2.45) is 0 Å². The van der Waals surface area contributed by atoms with Crippen LogP contribution >= 0.6 is 11.8 Å². The zero-order valence-corrected chi connectivity index (χ0v) is 17.9. The molecule has 2 aliphatic heterocycles. The molecule has 0 aromatic heterocycles. The van der Waals surface area contributed by atoms with Crippen LogP contribution in [0, 0.1) is 10.1 Å². The second-order valence-corrected chi connectivity index (χ2v) is 9.39. The van der Waals surface area contributed by atoms with Gasteiger partial charge in [-0.25, -0.2) is 0 Å². The Hall–Kier alpha value is -2.62. The van der Waals surface area contributed by atoms with Crippen LogP contribution in [0.2, 0.25) is 0 Å². The molecule has 2 fully saturated rings. The third-order valence-corrected chi connectivity index (χ3v) is 6.82. The molecule has 9 nitrogen and oxygen atoms in total. The number of benzene rings is 1. The van der Waals surface area contributed by atoms with Crippen LogP contribution in [0.3, 0.4) is 0 Å². The second-order valence-electron chi connectivity index (χ2n) is 7.89. The number of fused-ring (bicyclic) bond motifs is 1. The fourth-order valence-electron chi connectivity index (χ4n) is 3.95. The van der Waals surface area contributed by atoms with Crippen LogP contribution in [0.15, 0.2) is 24.3 Å². The van der Waals surface area contributed by atoms with Crippen molar-refractivity contribution in [3.8, 4) is 0 Å². The summed E-state index contributed by atoms with van der Waals surface area (Å²) in [7, 11) is 0. The van der Waals surface area contributed by atoms with E-state index in [1.54, 1.807) is 36.6 Å². The van der Waals surface area contributed by atoms with Crippen LogP contribution in [0.5, 0.6) is 0 Å². The van der Waals surface area contributed by atoms with E-state index < -0.39 is 33.8 Å². The monoisotopic (exact) mass is 435 g/mol. The second kappa shape index (κ2) is 8.63. The number of thioether (sulfide) groups is 1. The van der Waals surface area contributed by atoms with Crippen molar-refractivity contribution in [3.63, 3.8) is 0 Å². The van der Waals surface area contributed by atoms with Gasteiger partial charge in [0.2, 0.25) is 11.8 Å². The number of amides is 2. The van der Waals surface area contributed by atoms with Gasteiger partial charge in [0.05, 0.1) is 33.9 Å². The van der Waals surface area contributed by atoms with E-state index in [0.717, 1.165) is 0 Å². The Morgan fingerprint density at radius 1 is 1.40 bits per heavy atom. The Morgan fingerprint density at radius 2 is 2.10 bits per heavy atom. The van der Waals surface area contributed by atoms with E-state index in [9.17, 15) is 24.5 Å². The van der Waals surface area contributed by atoms with E-state index in [2.05, 4.69) is 5.32 Å². The summed E-state index contributed by atoms with van der Waals surface area (Å²) in [4.78, 5) is 49.9. The summed E-state index contributed by atoms with van der Waals surface area (Å²) in [5.74, 6) is -0.642. The molecule has 2 amide bonds. The number of hydrogen-bond donors (Lipinski definition) is 1. The number of nitrogens with zero attached hydrogens (tertiary/aromatic N) is 2. The van der Waals surface area contributed by atoms with Gasteiger partial charge < -0.3 is 15.0 Å². The molecule has 0 saturated carbocycles. The Balaban J connectivity index is 1.86. The number of carbonyl (C=O) groups excluding carboxylic acids is 3. The molecule has 0 aliphatic carbocycles. The van der Waals surface area contributed by atoms with Crippen LogP contribution in [0.4, 0.5) is 5.69 Å². The lowest BCUT2D eigenvalue weighted by Crippen LogP contribution is -2.50. The fraction of sp³-hybridized carbons (Fsp3) is 0.550. The summed E-state index contributed by atoms with van der Waals surface area (Å²) >= 11 is 1.55. The van der Waals surface area contributed by atoms with Crippen LogP contribution in [0.1, 0.15) is 51.6 Å². The maximum atomic E-state index is 13.1. The number of nitro benzene ring substituents is 1. The summed E-state index contributed by atoms with van der Waals surface area (Å²) in [6, 6.07) is 4.35. The molecule has 0 radical (unpaired) electrons. The van der Waals surface area contributed by atoms with Crippen LogP contribution in [-0.4, -0.2) is 50.4 Å². The van der Waals surface area contributed by atoms with Crippen molar-refractivity contribution in [2.45, 2.75) is 63.1 Å². The number of carbonyl (C=O) groups is 3. The zero-order valence-electron chi connectivity index (χ0n) is 17.1. The summed E-state index contributed by atoms with van der Waals surface area (Å²) in [6.45, 7) is 5.34. The lowest BCUT2D eigenvalue weighted by atomic mass is 10.0. The molecule has 2 saturated heterocycles. The van der Waals surface area contributed by atoms with Crippen molar-refractivity contribution in [2.75, 3.05) is 5.75 Å². The van der Waals surface area contributed by atoms with Crippen LogP contribution in [0.25, 0.3) is 0 Å². The highest BCUT2D eigenvalue weighted by Gasteiger charge is 2.53. The van der Waals surface area contributed by atoms with Gasteiger partial charge in [0.15, 0.2) is 0 Å². The Morgan fingerprint density at radius 3 is 2.77 bits per heavy atom. The molecule has 10 heteroatoms. The van der Waals surface area contributed by atoms with Gasteiger partial charge in [-0.1, -0.05) is 18.2 Å². The molecule has 1 N–H and O–H groups in total. The normalized spacial score (nSPS) is 23.9. The van der Waals surface area contributed by atoms with E-state index in [0.29, 0.717) is 18.6 Å². The third-order valence-electron chi connectivity index (χ3n) is 5.31. The van der Waals surface area contributed by atoms with Gasteiger partial charge in [-0.15, -0.1) is 11.8 Å². The van der Waals surface area contributed by atoms with Crippen molar-refractivity contribution < 1.29 is 24.0 Å². The zero-order chi connectivity index (χ0) is 22.1. The van der Waals surface area contributed by atoms with Gasteiger partial charge in [0.25, 0.3) is 5.69 Å². The van der Waals surface area contributed by atoms with E-state index in [-0.39, 0.29) is 29.7 Å². The molecule has 2 heterocycles. The van der Waals surface area contributed by atoms with E-state index in [1.165, 1.54) is 18.2 Å². The topological polar surface area (TPSA) is 119 Å². The Labute approximate surface area is 178 Å². The molecule has 30 heavy (non-hydrogen) atoms. The SMILES string of the molecule is CC(C)OC(=O)CC(NC(=O)C1CSC2(C)CCC(=O)N12)c1ccccc1[N+](=O)[O-]. The summed E-state index contributed by atoms with van der Waals surface area (Å²) in [5.41, 5.74) is 0.0285. The number of nitrogens with one attached hydrogen (secondary N) is 1. The lowest BCUT2D eigenvalue weighted by molar-refractivity contribution is -0.385. The summed E-state index contributed by atoms with van der Waals surface area (Å²) in [6.07, 6.45) is 0.462. The summed E-state index contributed by atoms with van der Waals surface area (Å²) < 4.78 is 5.18. The van der Waals surface area contributed by atoms with Gasteiger partial charge in [-0.2, -0.15) is 0 Å². The number of nitro groups is 1. The first-order valence-electron chi connectivity index (χ1n) is 9.81. The van der Waals surface area contributed by atoms with E-state index in [4.69, 9.17) is 4.74 Å². The maximum absolute atomic E-state index is 13.1. The molecule has 2 aliphatic rings. The minimum atomic E-state index is -0.945. The first kappa shape index (κ1) is 22.1. The quantitative estimate of drug-likeness (QED) is 0.397. The molecular weight excluding hydrogens is 410 g/mol. The number of para-hydroxylation sites is 1. The Kier molecular flexibility index (Phi) is 6.35. The van der Waals surface area contributed by atoms with Crippen molar-refractivity contribution in [1.29, 1.82) is 0 Å². The van der Waals surface area contributed by atoms with Gasteiger partial charge in [0, 0.05) is 18.2 Å². The molecule has 3 rings (SSSR count). The predicted octanol–water partition coefficient (Wildman–Crippen LogP) is 2.55. The standard InChI is InChI=1S/C20H25N3O6S/c1-12(2)29-18(25)10-14(13-6-4-5-7-15(13)23(27)28)21-19(26)16-11-30-20(3)9-8-17(24)22(16)20/h4-7,12,14,16H,8-11H2,1-3H3,(H,21,26). The van der Waals surface area contributed by atoms with E-state index >= 15 is 0 Å². The number of ether oxygens (including phenoxy) is 1. The van der Waals surface area contributed by atoms with Gasteiger partial charge in [0.1, 0.15) is 6.04 Å². The average Bonchev–Trinajstić information content (AvgIpc) is 3.16. The molecule has 3 unspecified atom stereocenters. The fourth-order valence-corrected chi connectivity index (χ4v) is 5.38. The Bertz CT molecular complexity index is 876. The smallest absolute Gasteiger partial charge is 0.308 e. The van der Waals surface area contributed by atoms with Gasteiger partial charge >= 0.3 is 5.97 Å². The molecule has 3 atom stereocenters. The summed E-state index contributed by atoms with van der Waals surface area (Å²) in [5, 5.41) is 14.3.